The Hall–Kier alpha value is -0.0800. The molecule has 2 heteroatoms. The SMILES string of the molecule is CCCCC(CC)COCN1CCCC1. The summed E-state index contributed by atoms with van der Waals surface area (Å²) in [6.07, 6.45) is 7.98. The van der Waals surface area contributed by atoms with E-state index in [-0.39, 0.29) is 0 Å². The van der Waals surface area contributed by atoms with Gasteiger partial charge in [-0.25, -0.2) is 0 Å². The highest BCUT2D eigenvalue weighted by molar-refractivity contribution is 4.63. The van der Waals surface area contributed by atoms with Crippen LogP contribution in [0.5, 0.6) is 0 Å². The van der Waals surface area contributed by atoms with Gasteiger partial charge in [0.2, 0.25) is 0 Å². The topological polar surface area (TPSA) is 12.5 Å². The minimum atomic E-state index is 0.785. The van der Waals surface area contributed by atoms with Crippen molar-refractivity contribution >= 4 is 0 Å². The summed E-state index contributed by atoms with van der Waals surface area (Å²) in [5, 5.41) is 0. The van der Waals surface area contributed by atoms with Crippen LogP contribution in [-0.4, -0.2) is 31.3 Å². The summed E-state index contributed by atoms with van der Waals surface area (Å²) in [5.74, 6) is 0.785. The lowest BCUT2D eigenvalue weighted by molar-refractivity contribution is 0.0193. The fraction of sp³-hybridized carbons (Fsp3) is 1.00. The van der Waals surface area contributed by atoms with Gasteiger partial charge in [-0.15, -0.1) is 0 Å². The van der Waals surface area contributed by atoms with Crippen molar-refractivity contribution in [2.24, 2.45) is 5.92 Å². The second-order valence-electron chi connectivity index (χ2n) is 4.74. The lowest BCUT2D eigenvalue weighted by Crippen LogP contribution is -2.24. The number of nitrogens with zero attached hydrogens (tertiary/aromatic N) is 1. The molecule has 1 aliphatic rings. The smallest absolute Gasteiger partial charge is 0.0990 e. The van der Waals surface area contributed by atoms with E-state index in [0.29, 0.717) is 0 Å². The average Bonchev–Trinajstić information content (AvgIpc) is 2.76. The van der Waals surface area contributed by atoms with Crippen LogP contribution >= 0.6 is 0 Å². The minimum absolute atomic E-state index is 0.785. The molecular weight excluding hydrogens is 186 g/mol. The number of ether oxygens (including phenoxy) is 1. The van der Waals surface area contributed by atoms with Crippen LogP contribution < -0.4 is 0 Å². The maximum Gasteiger partial charge on any atom is 0.0990 e. The molecule has 2 nitrogen and oxygen atoms in total. The van der Waals surface area contributed by atoms with Gasteiger partial charge in [-0.2, -0.15) is 0 Å². The van der Waals surface area contributed by atoms with Gasteiger partial charge in [-0.3, -0.25) is 4.90 Å². The highest BCUT2D eigenvalue weighted by Crippen LogP contribution is 2.13. The van der Waals surface area contributed by atoms with Crippen LogP contribution in [-0.2, 0) is 4.74 Å². The van der Waals surface area contributed by atoms with Crippen LogP contribution in [0.2, 0.25) is 0 Å². The fourth-order valence-electron chi connectivity index (χ4n) is 2.16. The average molecular weight is 213 g/mol. The monoisotopic (exact) mass is 213 g/mol. The molecule has 1 fully saturated rings. The summed E-state index contributed by atoms with van der Waals surface area (Å²) in [6, 6.07) is 0. The number of hydrogen-bond acceptors (Lipinski definition) is 2. The summed E-state index contributed by atoms with van der Waals surface area (Å²) in [4.78, 5) is 2.42. The van der Waals surface area contributed by atoms with Crippen molar-refractivity contribution in [3.05, 3.63) is 0 Å². The molecule has 15 heavy (non-hydrogen) atoms. The molecule has 0 aromatic carbocycles. The molecule has 0 radical (unpaired) electrons. The lowest BCUT2D eigenvalue weighted by Gasteiger charge is -2.18. The normalized spacial score (nSPS) is 19.6. The Kier molecular flexibility index (Phi) is 7.03. The molecule has 0 N–H and O–H groups in total. The summed E-state index contributed by atoms with van der Waals surface area (Å²) < 4.78 is 5.79. The van der Waals surface area contributed by atoms with E-state index >= 15 is 0 Å². The van der Waals surface area contributed by atoms with Crippen molar-refractivity contribution in [2.75, 3.05) is 26.4 Å². The zero-order valence-corrected chi connectivity index (χ0v) is 10.5. The molecule has 1 rings (SSSR count). The van der Waals surface area contributed by atoms with Crippen molar-refractivity contribution in [1.82, 2.24) is 4.90 Å². The predicted molar refractivity (Wildman–Crippen MR) is 64.9 cm³/mol. The van der Waals surface area contributed by atoms with E-state index in [4.69, 9.17) is 4.74 Å². The molecule has 1 atom stereocenters. The van der Waals surface area contributed by atoms with Crippen molar-refractivity contribution < 1.29 is 4.74 Å². The molecule has 90 valence electrons. The number of hydrogen-bond donors (Lipinski definition) is 0. The third-order valence-corrected chi connectivity index (χ3v) is 3.37. The highest BCUT2D eigenvalue weighted by Gasteiger charge is 2.12. The molecule has 0 saturated carbocycles. The zero-order valence-electron chi connectivity index (χ0n) is 10.5. The van der Waals surface area contributed by atoms with Crippen molar-refractivity contribution in [1.29, 1.82) is 0 Å². The maximum absolute atomic E-state index is 5.79. The first-order valence-corrected chi connectivity index (χ1v) is 6.66. The van der Waals surface area contributed by atoms with Gasteiger partial charge in [-0.05, 0) is 25.2 Å². The molecule has 0 aromatic heterocycles. The molecule has 0 amide bonds. The second-order valence-corrected chi connectivity index (χ2v) is 4.74. The van der Waals surface area contributed by atoms with E-state index < -0.39 is 0 Å². The summed E-state index contributed by atoms with van der Waals surface area (Å²) in [7, 11) is 0. The van der Waals surface area contributed by atoms with Crippen molar-refractivity contribution in [3.63, 3.8) is 0 Å². The Morgan fingerprint density at radius 3 is 2.53 bits per heavy atom. The van der Waals surface area contributed by atoms with Gasteiger partial charge >= 0.3 is 0 Å². The van der Waals surface area contributed by atoms with Crippen LogP contribution in [0, 0.1) is 5.92 Å². The van der Waals surface area contributed by atoms with Gasteiger partial charge < -0.3 is 4.74 Å². The van der Waals surface area contributed by atoms with Crippen LogP contribution in [0.3, 0.4) is 0 Å². The molecule has 0 aliphatic carbocycles. The van der Waals surface area contributed by atoms with Crippen LogP contribution in [0.25, 0.3) is 0 Å². The fourth-order valence-corrected chi connectivity index (χ4v) is 2.16. The molecular formula is C13H27NO. The van der Waals surface area contributed by atoms with E-state index in [1.165, 1.54) is 51.6 Å². The van der Waals surface area contributed by atoms with Gasteiger partial charge in [0, 0.05) is 13.1 Å². The van der Waals surface area contributed by atoms with Crippen LogP contribution in [0.1, 0.15) is 52.4 Å². The largest absolute Gasteiger partial charge is 0.366 e. The molecule has 0 bridgehead atoms. The van der Waals surface area contributed by atoms with E-state index in [1.807, 2.05) is 0 Å². The quantitative estimate of drug-likeness (QED) is 0.613. The molecule has 1 aliphatic heterocycles. The molecule has 0 aromatic rings. The molecule has 1 heterocycles. The zero-order chi connectivity index (χ0) is 10.9. The minimum Gasteiger partial charge on any atom is -0.366 e. The third kappa shape index (κ3) is 5.53. The Bertz CT molecular complexity index is 143. The van der Waals surface area contributed by atoms with Crippen molar-refractivity contribution in [3.8, 4) is 0 Å². The third-order valence-electron chi connectivity index (χ3n) is 3.37. The standard InChI is InChI=1S/C13H27NO/c1-3-5-8-13(4-2)11-15-12-14-9-6-7-10-14/h13H,3-12H2,1-2H3. The Morgan fingerprint density at radius 1 is 1.20 bits per heavy atom. The lowest BCUT2D eigenvalue weighted by atomic mass is 10.0. The number of rotatable bonds is 8. The molecule has 1 unspecified atom stereocenters. The van der Waals surface area contributed by atoms with Gasteiger partial charge in [0.25, 0.3) is 0 Å². The Labute approximate surface area is 95.0 Å². The first-order valence-electron chi connectivity index (χ1n) is 6.66. The Balaban J connectivity index is 2.00. The summed E-state index contributed by atoms with van der Waals surface area (Å²) in [5.41, 5.74) is 0. The van der Waals surface area contributed by atoms with Crippen LogP contribution in [0.15, 0.2) is 0 Å². The van der Waals surface area contributed by atoms with Gasteiger partial charge in [-0.1, -0.05) is 33.1 Å². The van der Waals surface area contributed by atoms with Gasteiger partial charge in [0.15, 0.2) is 0 Å². The van der Waals surface area contributed by atoms with Crippen LogP contribution in [0.4, 0.5) is 0 Å². The molecule has 1 saturated heterocycles. The van der Waals surface area contributed by atoms with E-state index in [9.17, 15) is 0 Å². The Morgan fingerprint density at radius 2 is 1.93 bits per heavy atom. The summed E-state index contributed by atoms with van der Waals surface area (Å²) >= 11 is 0. The number of likely N-dealkylation sites (tertiary alicyclic amines) is 1. The number of unbranched alkanes of at least 4 members (excludes halogenated alkanes) is 1. The summed E-state index contributed by atoms with van der Waals surface area (Å²) in [6.45, 7) is 8.85. The molecule has 0 spiro atoms. The van der Waals surface area contributed by atoms with Gasteiger partial charge in [0.1, 0.15) is 0 Å². The van der Waals surface area contributed by atoms with Gasteiger partial charge in [0.05, 0.1) is 13.3 Å². The predicted octanol–water partition coefficient (Wildman–Crippen LogP) is 3.27. The first kappa shape index (κ1) is 13.0. The van der Waals surface area contributed by atoms with E-state index in [1.54, 1.807) is 0 Å². The van der Waals surface area contributed by atoms with E-state index in [0.717, 1.165) is 19.3 Å². The first-order chi connectivity index (χ1) is 7.36. The maximum atomic E-state index is 5.79. The van der Waals surface area contributed by atoms with E-state index in [2.05, 4.69) is 18.7 Å². The highest BCUT2D eigenvalue weighted by atomic mass is 16.5. The second kappa shape index (κ2) is 8.12. The van der Waals surface area contributed by atoms with Crippen molar-refractivity contribution in [2.45, 2.75) is 52.4 Å².